The van der Waals surface area contributed by atoms with Crippen LogP contribution < -0.4 is 11.2 Å². The predicted octanol–water partition coefficient (Wildman–Crippen LogP) is 2.15. The molecule has 148 valence electrons. The second kappa shape index (κ2) is 7.16. The molecular weight excluding hydrogens is 370 g/mol. The second-order valence-corrected chi connectivity index (χ2v) is 7.31. The number of imide groups is 1. The molecular formula is C22H21N3O4. The van der Waals surface area contributed by atoms with Crippen LogP contribution in [0.3, 0.4) is 0 Å². The van der Waals surface area contributed by atoms with Crippen molar-refractivity contribution in [1.82, 2.24) is 14.0 Å². The summed E-state index contributed by atoms with van der Waals surface area (Å²) in [7, 11) is 1.57. The number of carbonyl (C=O) groups excluding carboxylic acids is 2. The number of piperidine rings is 1. The van der Waals surface area contributed by atoms with E-state index in [1.54, 1.807) is 31.3 Å². The molecule has 1 fully saturated rings. The zero-order valence-corrected chi connectivity index (χ0v) is 16.3. The number of rotatable bonds is 2. The zero-order valence-electron chi connectivity index (χ0n) is 16.3. The number of hydrogen-bond acceptors (Lipinski definition) is 4. The number of likely N-dealkylation sites (tertiary alicyclic amines) is 1. The summed E-state index contributed by atoms with van der Waals surface area (Å²) in [5.41, 5.74) is 1.05. The number of aromatic nitrogens is 2. The van der Waals surface area contributed by atoms with Gasteiger partial charge in [0.05, 0.1) is 16.6 Å². The smallest absolute Gasteiger partial charge is 0.296 e. The van der Waals surface area contributed by atoms with E-state index >= 15 is 0 Å². The van der Waals surface area contributed by atoms with Gasteiger partial charge in [-0.25, -0.2) is 9.36 Å². The van der Waals surface area contributed by atoms with Crippen LogP contribution in [0.15, 0.2) is 52.1 Å². The summed E-state index contributed by atoms with van der Waals surface area (Å²) < 4.78 is 2.51. The molecule has 29 heavy (non-hydrogen) atoms. The van der Waals surface area contributed by atoms with E-state index in [-0.39, 0.29) is 11.5 Å². The van der Waals surface area contributed by atoms with Crippen LogP contribution in [0.2, 0.25) is 0 Å². The molecule has 2 aromatic carbocycles. The van der Waals surface area contributed by atoms with E-state index in [0.29, 0.717) is 29.6 Å². The maximum Gasteiger partial charge on any atom is 0.335 e. The summed E-state index contributed by atoms with van der Waals surface area (Å²) in [5.74, 6) is -0.586. The van der Waals surface area contributed by atoms with Gasteiger partial charge in [0.25, 0.3) is 11.5 Å². The molecule has 0 bridgehead atoms. The van der Waals surface area contributed by atoms with Crippen molar-refractivity contribution < 1.29 is 9.59 Å². The average molecular weight is 391 g/mol. The fourth-order valence-electron chi connectivity index (χ4n) is 3.79. The molecule has 1 aromatic heterocycles. The quantitative estimate of drug-likeness (QED) is 0.627. The molecule has 0 aliphatic carbocycles. The summed E-state index contributed by atoms with van der Waals surface area (Å²) in [5, 5.41) is 0.330. The number of hydrogen-bond donors (Lipinski definition) is 0. The van der Waals surface area contributed by atoms with Gasteiger partial charge in [-0.15, -0.1) is 0 Å². The Hall–Kier alpha value is -3.48. The molecule has 0 saturated carbocycles. The largest absolute Gasteiger partial charge is 0.335 e. The molecule has 1 aliphatic rings. The third-order valence-corrected chi connectivity index (χ3v) is 5.44. The highest BCUT2D eigenvalue weighted by Crippen LogP contribution is 2.18. The van der Waals surface area contributed by atoms with Crippen LogP contribution in [0.25, 0.3) is 16.6 Å². The van der Waals surface area contributed by atoms with Crippen LogP contribution in [0.4, 0.5) is 0 Å². The number of carbonyl (C=O) groups is 2. The van der Waals surface area contributed by atoms with Gasteiger partial charge in [0.2, 0.25) is 5.91 Å². The summed E-state index contributed by atoms with van der Waals surface area (Å²) in [6.07, 6.45) is 1.93. The minimum absolute atomic E-state index is 0.190. The first kappa shape index (κ1) is 18.9. The van der Waals surface area contributed by atoms with E-state index < -0.39 is 17.2 Å². The van der Waals surface area contributed by atoms with E-state index in [2.05, 4.69) is 0 Å². The molecule has 4 rings (SSSR count). The van der Waals surface area contributed by atoms with E-state index in [4.69, 9.17) is 0 Å². The molecule has 0 N–H and O–H groups in total. The van der Waals surface area contributed by atoms with Crippen molar-refractivity contribution >= 4 is 22.7 Å². The van der Waals surface area contributed by atoms with Crippen LogP contribution >= 0.6 is 0 Å². The lowest BCUT2D eigenvalue weighted by Gasteiger charge is -2.25. The third kappa shape index (κ3) is 3.08. The molecule has 0 unspecified atom stereocenters. The summed E-state index contributed by atoms with van der Waals surface area (Å²) in [6, 6.07) is 11.8. The Kier molecular flexibility index (Phi) is 4.66. The number of aryl methyl sites for hydroxylation is 2. The molecule has 3 aromatic rings. The Labute approximate surface area is 166 Å². The number of para-hydroxylation sites is 1. The van der Waals surface area contributed by atoms with E-state index in [1.807, 2.05) is 19.1 Å². The molecule has 2 heterocycles. The SMILES string of the molecule is Cc1ccccc1-n1c(=O)c2ccc(C(=O)N3CCCCC3=O)cc2n(C)c1=O. The van der Waals surface area contributed by atoms with Crippen molar-refractivity contribution in [1.29, 1.82) is 0 Å². The second-order valence-electron chi connectivity index (χ2n) is 7.31. The first-order valence-corrected chi connectivity index (χ1v) is 9.56. The molecule has 1 saturated heterocycles. The number of nitrogens with zero attached hydrogens (tertiary/aromatic N) is 3. The van der Waals surface area contributed by atoms with Gasteiger partial charge in [-0.05, 0) is 49.6 Å². The zero-order chi connectivity index (χ0) is 20.7. The van der Waals surface area contributed by atoms with E-state index in [9.17, 15) is 19.2 Å². The highest BCUT2D eigenvalue weighted by atomic mass is 16.2. The summed E-state index contributed by atoms with van der Waals surface area (Å²) >= 11 is 0. The van der Waals surface area contributed by atoms with Crippen molar-refractivity contribution in [3.05, 3.63) is 74.4 Å². The van der Waals surface area contributed by atoms with Gasteiger partial charge in [-0.2, -0.15) is 0 Å². The molecule has 1 aliphatic heterocycles. The minimum atomic E-state index is -0.490. The highest BCUT2D eigenvalue weighted by Gasteiger charge is 2.26. The Bertz CT molecular complexity index is 1270. The van der Waals surface area contributed by atoms with Gasteiger partial charge in [0.15, 0.2) is 0 Å². The molecule has 7 nitrogen and oxygen atoms in total. The van der Waals surface area contributed by atoms with Crippen molar-refractivity contribution in [2.75, 3.05) is 6.54 Å². The Morgan fingerprint density at radius 1 is 1.00 bits per heavy atom. The minimum Gasteiger partial charge on any atom is -0.296 e. The van der Waals surface area contributed by atoms with Crippen LogP contribution in [0.1, 0.15) is 35.2 Å². The molecule has 0 spiro atoms. The maximum atomic E-state index is 13.1. The first-order valence-electron chi connectivity index (χ1n) is 9.56. The molecule has 0 radical (unpaired) electrons. The lowest BCUT2D eigenvalue weighted by atomic mass is 10.1. The van der Waals surface area contributed by atoms with Gasteiger partial charge in [0, 0.05) is 25.6 Å². The molecule has 0 atom stereocenters. The standard InChI is InChI=1S/C22H21N3O4/c1-14-7-3-4-8-17(14)25-21(28)16-11-10-15(13-18(16)23(2)22(25)29)20(27)24-12-6-5-9-19(24)26/h3-4,7-8,10-11,13H,5-6,9,12H2,1-2H3. The van der Waals surface area contributed by atoms with Gasteiger partial charge < -0.3 is 0 Å². The number of amides is 2. The number of fused-ring (bicyclic) bond motifs is 1. The first-order chi connectivity index (χ1) is 13.9. The van der Waals surface area contributed by atoms with Crippen LogP contribution in [0, 0.1) is 6.92 Å². The predicted molar refractivity (Wildman–Crippen MR) is 109 cm³/mol. The lowest BCUT2D eigenvalue weighted by Crippen LogP contribution is -2.40. The third-order valence-electron chi connectivity index (χ3n) is 5.44. The van der Waals surface area contributed by atoms with E-state index in [1.165, 1.54) is 15.5 Å². The fraction of sp³-hybridized carbons (Fsp3) is 0.273. The number of benzene rings is 2. The Morgan fingerprint density at radius 3 is 2.48 bits per heavy atom. The topological polar surface area (TPSA) is 81.4 Å². The van der Waals surface area contributed by atoms with Crippen molar-refractivity contribution in [3.63, 3.8) is 0 Å². The maximum absolute atomic E-state index is 13.1. The van der Waals surface area contributed by atoms with Crippen LogP contribution in [-0.4, -0.2) is 32.4 Å². The molecule has 7 heteroatoms. The van der Waals surface area contributed by atoms with Crippen molar-refractivity contribution in [2.45, 2.75) is 26.2 Å². The van der Waals surface area contributed by atoms with Crippen molar-refractivity contribution in [2.24, 2.45) is 7.05 Å². The highest BCUT2D eigenvalue weighted by molar-refractivity contribution is 6.06. The van der Waals surface area contributed by atoms with Gasteiger partial charge in [0.1, 0.15) is 0 Å². The summed E-state index contributed by atoms with van der Waals surface area (Å²) in [4.78, 5) is 52.2. The summed E-state index contributed by atoms with van der Waals surface area (Å²) in [6.45, 7) is 2.23. The molecule has 2 amide bonds. The van der Waals surface area contributed by atoms with Gasteiger partial charge in [-0.3, -0.25) is 23.9 Å². The van der Waals surface area contributed by atoms with Gasteiger partial charge in [-0.1, -0.05) is 18.2 Å². The Morgan fingerprint density at radius 2 is 1.76 bits per heavy atom. The average Bonchev–Trinajstić information content (AvgIpc) is 2.73. The van der Waals surface area contributed by atoms with Crippen molar-refractivity contribution in [3.8, 4) is 5.69 Å². The normalized spacial score (nSPS) is 14.4. The van der Waals surface area contributed by atoms with Crippen LogP contribution in [-0.2, 0) is 11.8 Å². The fourth-order valence-corrected chi connectivity index (χ4v) is 3.79. The monoisotopic (exact) mass is 391 g/mol. The Balaban J connectivity index is 1.89. The van der Waals surface area contributed by atoms with Gasteiger partial charge >= 0.3 is 5.69 Å². The van der Waals surface area contributed by atoms with E-state index in [0.717, 1.165) is 23.0 Å². The van der Waals surface area contributed by atoms with Crippen LogP contribution in [0.5, 0.6) is 0 Å². The lowest BCUT2D eigenvalue weighted by molar-refractivity contribution is -0.130.